The van der Waals surface area contributed by atoms with Crippen molar-refractivity contribution in [3.05, 3.63) is 102 Å². The van der Waals surface area contributed by atoms with Gasteiger partial charge in [0.15, 0.2) is 10.8 Å². The van der Waals surface area contributed by atoms with Crippen LogP contribution in [0.15, 0.2) is 94.9 Å². The molecule has 1 aliphatic rings. The van der Waals surface area contributed by atoms with Gasteiger partial charge >= 0.3 is 0 Å². The van der Waals surface area contributed by atoms with Crippen molar-refractivity contribution in [2.45, 2.75) is 37.6 Å². The molecule has 0 fully saturated rings. The maximum absolute atomic E-state index is 14.1. The largest absolute Gasteiger partial charge is 0.374 e. The van der Waals surface area contributed by atoms with Crippen LogP contribution in [0.1, 0.15) is 37.5 Å². The first kappa shape index (κ1) is 27.4. The molecule has 0 saturated carbocycles. The second kappa shape index (κ2) is 10.1. The van der Waals surface area contributed by atoms with Crippen LogP contribution in [0.2, 0.25) is 0 Å². The Kier molecular flexibility index (Phi) is 6.95. The number of carbonyl (C=O) groups excluding carboxylic acids is 1. The number of para-hydroxylation sites is 1. The predicted octanol–water partition coefficient (Wildman–Crippen LogP) is 4.79. The maximum atomic E-state index is 14.1. The van der Waals surface area contributed by atoms with Gasteiger partial charge in [0.2, 0.25) is 10.0 Å². The summed E-state index contributed by atoms with van der Waals surface area (Å²) < 4.78 is 24.7. The lowest BCUT2D eigenvalue weighted by molar-refractivity contribution is -0.112. The molecule has 0 radical (unpaired) electrons. The molecule has 4 N–H and O–H groups in total. The molecule has 1 heterocycles. The number of sulfonamides is 1. The molecule has 8 nitrogen and oxygen atoms in total. The highest BCUT2D eigenvalue weighted by molar-refractivity contribution is 7.89. The number of rotatable bonds is 5. The maximum Gasteiger partial charge on any atom is 0.279 e. The average Bonchev–Trinajstić information content (AvgIpc) is 3.16. The number of hydrogen-bond acceptors (Lipinski definition) is 5. The quantitative estimate of drug-likeness (QED) is 0.263. The van der Waals surface area contributed by atoms with Crippen LogP contribution in [0.5, 0.6) is 0 Å². The highest BCUT2D eigenvalue weighted by Crippen LogP contribution is 2.36. The van der Waals surface area contributed by atoms with E-state index in [2.05, 4.69) is 25.9 Å². The fourth-order valence-electron chi connectivity index (χ4n) is 4.83. The molecule has 0 saturated heterocycles. The van der Waals surface area contributed by atoms with E-state index >= 15 is 0 Å². The fraction of sp³-hybridized carbons (Fsp3) is 0.167. The van der Waals surface area contributed by atoms with Crippen molar-refractivity contribution in [3.8, 4) is 0 Å². The van der Waals surface area contributed by atoms with Crippen LogP contribution in [0.25, 0.3) is 10.8 Å². The first-order valence-corrected chi connectivity index (χ1v) is 14.5. The van der Waals surface area contributed by atoms with Crippen LogP contribution in [-0.4, -0.2) is 25.1 Å². The number of anilines is 2. The Balaban J connectivity index is 1.69. The van der Waals surface area contributed by atoms with Crippen molar-refractivity contribution < 1.29 is 13.2 Å². The molecule has 0 unspecified atom stereocenters. The normalized spacial score (nSPS) is 14.6. The van der Waals surface area contributed by atoms with Crippen LogP contribution in [0.4, 0.5) is 11.4 Å². The minimum absolute atomic E-state index is 0.0545. The second-order valence-corrected chi connectivity index (χ2v) is 12.6. The predicted molar refractivity (Wildman–Crippen MR) is 164 cm³/mol. The third-order valence-electron chi connectivity index (χ3n) is 6.87. The summed E-state index contributed by atoms with van der Waals surface area (Å²) in [6.07, 6.45) is 0. The average molecular weight is 572 g/mol. The first-order valence-electron chi connectivity index (χ1n) is 12.6. The monoisotopic (exact) mass is 571 g/mol. The smallest absolute Gasteiger partial charge is 0.279 e. The molecule has 0 aliphatic carbocycles. The molecule has 0 atom stereocenters. The molecule has 4 aromatic carbocycles. The summed E-state index contributed by atoms with van der Waals surface area (Å²) in [5, 5.41) is 13.0. The SMILES string of the molecule is CC(C)(C)c1ccc2c(c1)/C(=N/N(C(N)=S)c1ccccc1S(N)(=O)=O)C(=O)N2Cc1cccc2ccccc12. The Labute approximate surface area is 238 Å². The Morgan fingerprint density at radius 3 is 2.35 bits per heavy atom. The van der Waals surface area contributed by atoms with Gasteiger partial charge in [-0.15, -0.1) is 0 Å². The van der Waals surface area contributed by atoms with Gasteiger partial charge in [0.25, 0.3) is 5.91 Å². The third-order valence-corrected chi connectivity index (χ3v) is 8.00. The van der Waals surface area contributed by atoms with Gasteiger partial charge in [-0.1, -0.05) is 81.4 Å². The lowest BCUT2D eigenvalue weighted by Crippen LogP contribution is -2.36. The summed E-state index contributed by atoms with van der Waals surface area (Å²) in [6, 6.07) is 25.9. The summed E-state index contributed by atoms with van der Waals surface area (Å²) in [6.45, 7) is 6.56. The zero-order valence-electron chi connectivity index (χ0n) is 22.3. The minimum Gasteiger partial charge on any atom is -0.374 e. The van der Waals surface area contributed by atoms with Crippen molar-refractivity contribution >= 4 is 61.1 Å². The van der Waals surface area contributed by atoms with E-state index in [9.17, 15) is 13.2 Å². The Morgan fingerprint density at radius 1 is 0.975 bits per heavy atom. The van der Waals surface area contributed by atoms with Crippen LogP contribution in [0.3, 0.4) is 0 Å². The number of amides is 1. The highest BCUT2D eigenvalue weighted by atomic mass is 32.2. The zero-order valence-corrected chi connectivity index (χ0v) is 24.0. The lowest BCUT2D eigenvalue weighted by Gasteiger charge is -2.21. The Bertz CT molecular complexity index is 1800. The van der Waals surface area contributed by atoms with Gasteiger partial charge in [0.1, 0.15) is 4.90 Å². The number of hydrazone groups is 1. The van der Waals surface area contributed by atoms with Gasteiger partial charge in [0, 0.05) is 5.56 Å². The van der Waals surface area contributed by atoms with Gasteiger partial charge in [-0.25, -0.2) is 18.6 Å². The van der Waals surface area contributed by atoms with Crippen LogP contribution in [0, 0.1) is 0 Å². The molecular weight excluding hydrogens is 542 g/mol. The number of primary sulfonamides is 1. The van der Waals surface area contributed by atoms with Crippen molar-refractivity contribution in [1.82, 2.24) is 0 Å². The first-order chi connectivity index (χ1) is 18.9. The molecule has 1 amide bonds. The van der Waals surface area contributed by atoms with Gasteiger partial charge < -0.3 is 10.6 Å². The van der Waals surface area contributed by atoms with E-state index in [-0.39, 0.29) is 32.7 Å². The van der Waals surface area contributed by atoms with E-state index in [0.717, 1.165) is 26.9 Å². The summed E-state index contributed by atoms with van der Waals surface area (Å²) in [5.74, 6) is -0.358. The summed E-state index contributed by atoms with van der Waals surface area (Å²) in [4.78, 5) is 15.5. The highest BCUT2D eigenvalue weighted by Gasteiger charge is 2.36. The van der Waals surface area contributed by atoms with E-state index < -0.39 is 10.0 Å². The molecule has 0 spiro atoms. The zero-order chi connectivity index (χ0) is 28.8. The van der Waals surface area contributed by atoms with E-state index in [4.69, 9.17) is 23.1 Å². The van der Waals surface area contributed by atoms with Crippen molar-refractivity contribution in [1.29, 1.82) is 0 Å². The third kappa shape index (κ3) is 5.08. The molecule has 0 aromatic heterocycles. The number of hydrogen-bond donors (Lipinski definition) is 2. The van der Waals surface area contributed by atoms with Crippen LogP contribution >= 0.6 is 12.2 Å². The molecule has 5 rings (SSSR count). The van der Waals surface area contributed by atoms with E-state index in [0.29, 0.717) is 17.8 Å². The van der Waals surface area contributed by atoms with Gasteiger partial charge in [-0.2, -0.15) is 5.10 Å². The fourth-order valence-corrected chi connectivity index (χ4v) is 5.68. The molecule has 0 bridgehead atoms. The van der Waals surface area contributed by atoms with Crippen LogP contribution in [-0.2, 0) is 26.8 Å². The molecular formula is C30H29N5O3S2. The number of nitrogens with zero attached hydrogens (tertiary/aromatic N) is 3. The number of thiocarbonyl (C=S) groups is 1. The molecule has 10 heteroatoms. The Morgan fingerprint density at radius 2 is 1.65 bits per heavy atom. The standard InChI is InChI=1S/C30H29N5O3S2/c1-30(2,3)21-15-16-24-23(17-21)27(33-35(29(31)39)25-13-6-7-14-26(25)40(32,37)38)28(36)34(24)18-20-11-8-10-19-9-4-5-12-22(19)20/h4-17H,18H2,1-3H3,(H2,31,39)(H2,32,37,38)/b33-27-. The molecule has 204 valence electrons. The molecule has 4 aromatic rings. The molecule has 40 heavy (non-hydrogen) atoms. The summed E-state index contributed by atoms with van der Waals surface area (Å²) >= 11 is 5.26. The minimum atomic E-state index is -4.14. The van der Waals surface area contributed by atoms with E-state index in [1.54, 1.807) is 11.0 Å². The lowest BCUT2D eigenvalue weighted by atomic mass is 9.85. The Hall–Kier alpha value is -4.12. The van der Waals surface area contributed by atoms with Crippen LogP contribution < -0.4 is 20.8 Å². The number of benzene rings is 4. The van der Waals surface area contributed by atoms with Gasteiger partial charge in [-0.3, -0.25) is 4.79 Å². The number of fused-ring (bicyclic) bond motifs is 2. The van der Waals surface area contributed by atoms with Crippen molar-refractivity contribution in [2.75, 3.05) is 9.91 Å². The van der Waals surface area contributed by atoms with Gasteiger partial charge in [-0.05, 0) is 63.8 Å². The topological polar surface area (TPSA) is 122 Å². The number of nitrogens with two attached hydrogens (primary N) is 2. The number of carbonyl (C=O) groups is 1. The van der Waals surface area contributed by atoms with Crippen molar-refractivity contribution in [2.24, 2.45) is 16.0 Å². The van der Waals surface area contributed by atoms with Gasteiger partial charge in [0.05, 0.1) is 17.9 Å². The van der Waals surface area contributed by atoms with E-state index in [1.807, 2.05) is 60.7 Å². The summed E-state index contributed by atoms with van der Waals surface area (Å²) in [7, 11) is -4.14. The van der Waals surface area contributed by atoms with Crippen molar-refractivity contribution in [3.63, 3.8) is 0 Å². The molecule has 1 aliphatic heterocycles. The van der Waals surface area contributed by atoms with E-state index in [1.165, 1.54) is 18.2 Å². The summed E-state index contributed by atoms with van der Waals surface area (Å²) in [5.41, 5.74) is 9.26. The second-order valence-electron chi connectivity index (χ2n) is 10.6.